The van der Waals surface area contributed by atoms with E-state index in [1.165, 1.54) is 0 Å². The van der Waals surface area contributed by atoms with Crippen LogP contribution in [0.15, 0.2) is 18.5 Å². The van der Waals surface area contributed by atoms with Crippen molar-refractivity contribution >= 4 is 11.0 Å². The first-order chi connectivity index (χ1) is 7.78. The molecule has 1 aliphatic rings. The van der Waals surface area contributed by atoms with Crippen molar-refractivity contribution in [1.29, 1.82) is 0 Å². The largest absolute Gasteiger partial charge is 0.340 e. The van der Waals surface area contributed by atoms with Crippen LogP contribution in [0.3, 0.4) is 0 Å². The lowest BCUT2D eigenvalue weighted by atomic mass is 9.80. The molecule has 0 aliphatic carbocycles. The molecule has 1 aliphatic heterocycles. The van der Waals surface area contributed by atoms with Gasteiger partial charge in [0, 0.05) is 11.6 Å². The molecule has 0 aromatic carbocycles. The minimum atomic E-state index is 0.185. The van der Waals surface area contributed by atoms with Gasteiger partial charge in [-0.1, -0.05) is 6.92 Å². The molecule has 84 valence electrons. The van der Waals surface area contributed by atoms with Gasteiger partial charge in [0.2, 0.25) is 0 Å². The van der Waals surface area contributed by atoms with E-state index in [4.69, 9.17) is 0 Å². The highest BCUT2D eigenvalue weighted by Crippen LogP contribution is 2.31. The molecule has 0 atom stereocenters. The maximum absolute atomic E-state index is 4.68. The Balaban J connectivity index is 2.04. The Labute approximate surface area is 94.5 Å². The first-order valence-electron chi connectivity index (χ1n) is 5.79. The van der Waals surface area contributed by atoms with Crippen molar-refractivity contribution in [3.05, 3.63) is 24.3 Å². The lowest BCUT2D eigenvalue weighted by Gasteiger charge is -2.32. The molecule has 3 rings (SSSR count). The molecule has 0 radical (unpaired) electrons. The molecule has 0 spiro atoms. The highest BCUT2D eigenvalue weighted by Gasteiger charge is 2.31. The lowest BCUT2D eigenvalue weighted by Crippen LogP contribution is -2.38. The van der Waals surface area contributed by atoms with Gasteiger partial charge in [-0.3, -0.25) is 4.98 Å². The van der Waals surface area contributed by atoms with Crippen LogP contribution in [-0.2, 0) is 5.41 Å². The number of H-pyrrole nitrogens is 1. The van der Waals surface area contributed by atoms with Gasteiger partial charge >= 0.3 is 0 Å². The number of nitrogens with zero attached hydrogens (tertiary/aromatic N) is 2. The van der Waals surface area contributed by atoms with Crippen LogP contribution in [0, 0.1) is 0 Å². The molecular weight excluding hydrogens is 200 g/mol. The van der Waals surface area contributed by atoms with Gasteiger partial charge in [0.1, 0.15) is 5.82 Å². The minimum Gasteiger partial charge on any atom is -0.340 e. The van der Waals surface area contributed by atoms with Gasteiger partial charge in [-0.05, 0) is 32.0 Å². The Morgan fingerprint density at radius 3 is 2.88 bits per heavy atom. The summed E-state index contributed by atoms with van der Waals surface area (Å²) >= 11 is 0. The van der Waals surface area contributed by atoms with Gasteiger partial charge < -0.3 is 10.3 Å². The van der Waals surface area contributed by atoms with Crippen molar-refractivity contribution in [2.75, 3.05) is 13.1 Å². The van der Waals surface area contributed by atoms with Crippen molar-refractivity contribution in [3.63, 3.8) is 0 Å². The van der Waals surface area contributed by atoms with Crippen LogP contribution < -0.4 is 5.32 Å². The summed E-state index contributed by atoms with van der Waals surface area (Å²) in [7, 11) is 0. The third kappa shape index (κ3) is 1.50. The van der Waals surface area contributed by atoms with E-state index in [0.717, 1.165) is 42.8 Å². The highest BCUT2D eigenvalue weighted by molar-refractivity contribution is 5.73. The molecule has 0 bridgehead atoms. The molecule has 4 nitrogen and oxygen atoms in total. The second-order valence-corrected chi connectivity index (χ2v) is 4.79. The first-order valence-corrected chi connectivity index (χ1v) is 5.79. The van der Waals surface area contributed by atoms with E-state index in [1.54, 1.807) is 6.20 Å². The van der Waals surface area contributed by atoms with Crippen molar-refractivity contribution in [2.45, 2.75) is 25.2 Å². The SMILES string of the molecule is CC1(c2nc3ccncc3[nH]2)CCNCC1. The van der Waals surface area contributed by atoms with Crippen molar-refractivity contribution in [1.82, 2.24) is 20.3 Å². The van der Waals surface area contributed by atoms with E-state index >= 15 is 0 Å². The van der Waals surface area contributed by atoms with Crippen LogP contribution in [0.2, 0.25) is 0 Å². The van der Waals surface area contributed by atoms with Crippen molar-refractivity contribution < 1.29 is 0 Å². The number of fused-ring (bicyclic) bond motifs is 1. The molecule has 3 heterocycles. The molecule has 2 aromatic heterocycles. The molecule has 1 saturated heterocycles. The number of nitrogens with one attached hydrogen (secondary N) is 2. The molecule has 2 N–H and O–H groups in total. The number of rotatable bonds is 1. The summed E-state index contributed by atoms with van der Waals surface area (Å²) in [5, 5.41) is 3.39. The van der Waals surface area contributed by atoms with Gasteiger partial charge in [0.15, 0.2) is 0 Å². The van der Waals surface area contributed by atoms with Gasteiger partial charge in [-0.25, -0.2) is 4.98 Å². The summed E-state index contributed by atoms with van der Waals surface area (Å²) in [6, 6.07) is 1.96. The summed E-state index contributed by atoms with van der Waals surface area (Å²) in [4.78, 5) is 12.2. The van der Waals surface area contributed by atoms with Crippen LogP contribution in [0.4, 0.5) is 0 Å². The minimum absolute atomic E-state index is 0.185. The van der Waals surface area contributed by atoms with E-state index in [1.807, 2.05) is 12.3 Å². The zero-order chi connectivity index (χ0) is 11.0. The molecular formula is C12H16N4. The fourth-order valence-electron chi connectivity index (χ4n) is 2.36. The topological polar surface area (TPSA) is 53.6 Å². The van der Waals surface area contributed by atoms with E-state index in [-0.39, 0.29) is 5.41 Å². The summed E-state index contributed by atoms with van der Waals surface area (Å²) in [6.45, 7) is 4.44. The van der Waals surface area contributed by atoms with Crippen LogP contribution in [-0.4, -0.2) is 28.0 Å². The number of hydrogen-bond acceptors (Lipinski definition) is 3. The normalized spacial score (nSPS) is 20.1. The van der Waals surface area contributed by atoms with Crippen LogP contribution >= 0.6 is 0 Å². The van der Waals surface area contributed by atoms with Gasteiger partial charge in [-0.2, -0.15) is 0 Å². The molecule has 0 saturated carbocycles. The van der Waals surface area contributed by atoms with Gasteiger partial charge in [0.25, 0.3) is 0 Å². The van der Waals surface area contributed by atoms with E-state index in [9.17, 15) is 0 Å². The van der Waals surface area contributed by atoms with E-state index < -0.39 is 0 Å². The van der Waals surface area contributed by atoms with Crippen molar-refractivity contribution in [3.8, 4) is 0 Å². The third-order valence-electron chi connectivity index (χ3n) is 3.56. The number of aromatic nitrogens is 3. The van der Waals surface area contributed by atoms with E-state index in [0.29, 0.717) is 0 Å². The van der Waals surface area contributed by atoms with Crippen LogP contribution in [0.5, 0.6) is 0 Å². The monoisotopic (exact) mass is 216 g/mol. The number of imidazole rings is 1. The lowest BCUT2D eigenvalue weighted by molar-refractivity contribution is 0.321. The summed E-state index contributed by atoms with van der Waals surface area (Å²) in [5.74, 6) is 1.11. The molecule has 16 heavy (non-hydrogen) atoms. The molecule has 1 fully saturated rings. The van der Waals surface area contributed by atoms with Gasteiger partial charge in [0.05, 0.1) is 17.2 Å². The Kier molecular flexibility index (Phi) is 2.17. The Hall–Kier alpha value is -1.42. The standard InChI is InChI=1S/C12H16N4/c1-12(3-6-13-7-4-12)11-15-9-2-5-14-8-10(9)16-11/h2,5,8,13H,3-4,6-7H2,1H3,(H,15,16). The molecule has 2 aromatic rings. The number of piperidine rings is 1. The number of hydrogen-bond donors (Lipinski definition) is 2. The second-order valence-electron chi connectivity index (χ2n) is 4.79. The zero-order valence-electron chi connectivity index (χ0n) is 9.45. The Morgan fingerprint density at radius 2 is 2.12 bits per heavy atom. The smallest absolute Gasteiger partial charge is 0.113 e. The van der Waals surface area contributed by atoms with Crippen LogP contribution in [0.1, 0.15) is 25.6 Å². The average molecular weight is 216 g/mol. The van der Waals surface area contributed by atoms with Crippen LogP contribution in [0.25, 0.3) is 11.0 Å². The molecule has 4 heteroatoms. The average Bonchev–Trinajstić information content (AvgIpc) is 2.74. The summed E-state index contributed by atoms with van der Waals surface area (Å²) < 4.78 is 0. The quantitative estimate of drug-likeness (QED) is 0.761. The molecule has 0 unspecified atom stereocenters. The number of pyridine rings is 1. The number of aromatic amines is 1. The van der Waals surface area contributed by atoms with E-state index in [2.05, 4.69) is 27.2 Å². The third-order valence-corrected chi connectivity index (χ3v) is 3.56. The Morgan fingerprint density at radius 1 is 1.31 bits per heavy atom. The predicted octanol–water partition coefficient (Wildman–Crippen LogP) is 1.60. The predicted molar refractivity (Wildman–Crippen MR) is 63.3 cm³/mol. The van der Waals surface area contributed by atoms with Crippen molar-refractivity contribution in [2.24, 2.45) is 0 Å². The van der Waals surface area contributed by atoms with Gasteiger partial charge in [-0.15, -0.1) is 0 Å². The summed E-state index contributed by atoms with van der Waals surface area (Å²) in [5.41, 5.74) is 2.24. The second kappa shape index (κ2) is 3.56. The summed E-state index contributed by atoms with van der Waals surface area (Å²) in [6.07, 6.45) is 5.91. The maximum atomic E-state index is 4.68. The Bertz CT molecular complexity index is 463. The maximum Gasteiger partial charge on any atom is 0.113 e. The first kappa shape index (κ1) is 9.78. The fraction of sp³-hybridized carbons (Fsp3) is 0.500. The highest BCUT2D eigenvalue weighted by atomic mass is 15.0. The fourth-order valence-corrected chi connectivity index (χ4v) is 2.36. The zero-order valence-corrected chi connectivity index (χ0v) is 9.45. The molecule has 0 amide bonds.